The number of aliphatic hydroxyl groups excluding tert-OH is 2. The highest BCUT2D eigenvalue weighted by atomic mass is 32.2. The molecule has 1 aromatic rings. The third-order valence-electron chi connectivity index (χ3n) is 2.02. The predicted octanol–water partition coefficient (Wildman–Crippen LogP) is 1.60. The Kier molecular flexibility index (Phi) is 6.63. The third-order valence-corrected chi connectivity index (χ3v) is 4.22. The molecule has 0 heterocycles. The van der Waals surface area contributed by atoms with Gasteiger partial charge in [-0.05, 0) is 12.1 Å². The van der Waals surface area contributed by atoms with Crippen LogP contribution >= 0.6 is 23.5 Å². The summed E-state index contributed by atoms with van der Waals surface area (Å²) in [6.45, 7) is 0.104. The minimum atomic E-state index is 0.0522. The summed E-state index contributed by atoms with van der Waals surface area (Å²) in [7, 11) is 0. The van der Waals surface area contributed by atoms with Crippen molar-refractivity contribution in [1.29, 1.82) is 10.5 Å². The molecule has 1 rings (SSSR count). The third kappa shape index (κ3) is 3.94. The van der Waals surface area contributed by atoms with Crippen LogP contribution < -0.4 is 0 Å². The Bertz CT molecular complexity index is 447. The van der Waals surface area contributed by atoms with E-state index < -0.39 is 0 Å². The first-order valence-electron chi connectivity index (χ1n) is 5.22. The summed E-state index contributed by atoms with van der Waals surface area (Å²) < 4.78 is 0. The van der Waals surface area contributed by atoms with Crippen molar-refractivity contribution in [2.75, 3.05) is 24.7 Å². The van der Waals surface area contributed by atoms with E-state index in [1.54, 1.807) is 12.1 Å². The average Bonchev–Trinajstić information content (AvgIpc) is 2.42. The van der Waals surface area contributed by atoms with Crippen LogP contribution in [0.2, 0.25) is 0 Å². The lowest BCUT2D eigenvalue weighted by Crippen LogP contribution is -1.93. The Morgan fingerprint density at radius 1 is 0.889 bits per heavy atom. The number of benzene rings is 1. The van der Waals surface area contributed by atoms with Crippen LogP contribution in [0.3, 0.4) is 0 Å². The number of rotatable bonds is 6. The molecule has 0 aliphatic carbocycles. The van der Waals surface area contributed by atoms with Crippen molar-refractivity contribution >= 4 is 23.5 Å². The van der Waals surface area contributed by atoms with Crippen LogP contribution in [-0.4, -0.2) is 34.9 Å². The van der Waals surface area contributed by atoms with Crippen LogP contribution in [0.15, 0.2) is 21.9 Å². The summed E-state index contributed by atoms with van der Waals surface area (Å²) in [6.07, 6.45) is 0. The summed E-state index contributed by atoms with van der Waals surface area (Å²) in [5.74, 6) is 1.06. The first-order chi connectivity index (χ1) is 8.76. The van der Waals surface area contributed by atoms with Gasteiger partial charge < -0.3 is 10.2 Å². The summed E-state index contributed by atoms with van der Waals surface area (Å²) in [6, 6.07) is 7.31. The Morgan fingerprint density at radius 3 is 1.56 bits per heavy atom. The normalized spacial score (nSPS) is 9.78. The van der Waals surface area contributed by atoms with Crippen molar-refractivity contribution in [1.82, 2.24) is 0 Å². The molecule has 4 nitrogen and oxygen atoms in total. The van der Waals surface area contributed by atoms with Crippen molar-refractivity contribution in [2.24, 2.45) is 0 Å². The highest BCUT2D eigenvalue weighted by Gasteiger charge is 2.10. The predicted molar refractivity (Wildman–Crippen MR) is 71.5 cm³/mol. The molecule has 0 atom stereocenters. The van der Waals surface area contributed by atoms with Gasteiger partial charge in [-0.1, -0.05) is 0 Å². The second kappa shape index (κ2) is 8.02. The first kappa shape index (κ1) is 14.9. The largest absolute Gasteiger partial charge is 0.396 e. The number of thioether (sulfide) groups is 2. The van der Waals surface area contributed by atoms with Gasteiger partial charge >= 0.3 is 0 Å². The van der Waals surface area contributed by atoms with Crippen molar-refractivity contribution < 1.29 is 10.2 Å². The van der Waals surface area contributed by atoms with E-state index in [0.29, 0.717) is 22.6 Å². The lowest BCUT2D eigenvalue weighted by atomic mass is 10.1. The van der Waals surface area contributed by atoms with Crippen molar-refractivity contribution in [3.8, 4) is 12.1 Å². The molecule has 0 saturated heterocycles. The standard InChI is InChI=1S/C12H12N2O2S2/c13-7-9-5-11(17-3-1-15)12(18-4-2-16)6-10(9)8-14/h5-6,15-16H,1-4H2. The molecule has 0 saturated carbocycles. The zero-order valence-corrected chi connectivity index (χ0v) is 11.2. The molecule has 0 bridgehead atoms. The van der Waals surface area contributed by atoms with Crippen molar-refractivity contribution in [3.05, 3.63) is 23.3 Å². The molecular weight excluding hydrogens is 268 g/mol. The molecule has 0 unspecified atom stereocenters. The molecule has 0 radical (unpaired) electrons. The van der Waals surface area contributed by atoms with Crippen LogP contribution in [-0.2, 0) is 0 Å². The van der Waals surface area contributed by atoms with Gasteiger partial charge in [0, 0.05) is 21.3 Å². The summed E-state index contributed by atoms with van der Waals surface area (Å²) >= 11 is 2.87. The number of hydrogen-bond acceptors (Lipinski definition) is 6. The fourth-order valence-corrected chi connectivity index (χ4v) is 3.06. The summed E-state index contributed by atoms with van der Waals surface area (Å²) in [4.78, 5) is 1.72. The highest BCUT2D eigenvalue weighted by Crippen LogP contribution is 2.33. The Hall–Kier alpha value is -1.18. The van der Waals surface area contributed by atoms with E-state index in [1.165, 1.54) is 23.5 Å². The zero-order valence-electron chi connectivity index (χ0n) is 9.59. The molecule has 0 amide bonds. The van der Waals surface area contributed by atoms with Gasteiger partial charge in [0.15, 0.2) is 0 Å². The van der Waals surface area contributed by atoms with E-state index in [2.05, 4.69) is 0 Å². The van der Waals surface area contributed by atoms with Gasteiger partial charge in [-0.15, -0.1) is 23.5 Å². The maximum Gasteiger partial charge on any atom is 0.101 e. The van der Waals surface area contributed by atoms with Crippen LogP contribution in [0.4, 0.5) is 0 Å². The quantitative estimate of drug-likeness (QED) is 0.769. The van der Waals surface area contributed by atoms with E-state index >= 15 is 0 Å². The van der Waals surface area contributed by atoms with Crippen molar-refractivity contribution in [3.63, 3.8) is 0 Å². The molecule has 94 valence electrons. The maximum atomic E-state index is 8.96. The number of aliphatic hydroxyl groups is 2. The molecule has 6 heteroatoms. The molecule has 0 spiro atoms. The van der Waals surface area contributed by atoms with Crippen LogP contribution in [0.1, 0.15) is 11.1 Å². The molecular formula is C12H12N2O2S2. The lowest BCUT2D eigenvalue weighted by Gasteiger charge is -2.09. The minimum Gasteiger partial charge on any atom is -0.396 e. The van der Waals surface area contributed by atoms with E-state index in [1.807, 2.05) is 12.1 Å². The fourth-order valence-electron chi connectivity index (χ4n) is 1.28. The van der Waals surface area contributed by atoms with Gasteiger partial charge in [-0.25, -0.2) is 0 Å². The SMILES string of the molecule is N#Cc1cc(SCCO)c(SCCO)cc1C#N. The molecule has 0 fully saturated rings. The van der Waals surface area contributed by atoms with Gasteiger partial charge in [0.05, 0.1) is 24.3 Å². The average molecular weight is 280 g/mol. The zero-order chi connectivity index (χ0) is 13.4. The smallest absolute Gasteiger partial charge is 0.101 e. The number of nitrogens with zero attached hydrogens (tertiary/aromatic N) is 2. The summed E-state index contributed by atoms with van der Waals surface area (Å²) in [5, 5.41) is 35.6. The van der Waals surface area contributed by atoms with E-state index in [4.69, 9.17) is 20.7 Å². The molecule has 0 aliphatic rings. The molecule has 2 N–H and O–H groups in total. The van der Waals surface area contributed by atoms with Crippen LogP contribution in [0, 0.1) is 22.7 Å². The Balaban J connectivity index is 3.11. The topological polar surface area (TPSA) is 88.0 Å². The lowest BCUT2D eigenvalue weighted by molar-refractivity contribution is 0.322. The van der Waals surface area contributed by atoms with E-state index in [0.717, 1.165) is 9.79 Å². The Morgan fingerprint density at radius 2 is 1.28 bits per heavy atom. The molecule has 0 aliphatic heterocycles. The molecule has 0 aromatic heterocycles. The van der Waals surface area contributed by atoms with Gasteiger partial charge in [-0.3, -0.25) is 0 Å². The first-order valence-corrected chi connectivity index (χ1v) is 7.19. The van der Waals surface area contributed by atoms with Crippen LogP contribution in [0.5, 0.6) is 0 Å². The van der Waals surface area contributed by atoms with Gasteiger partial charge in [0.25, 0.3) is 0 Å². The number of hydrogen-bond donors (Lipinski definition) is 2. The number of nitriles is 2. The molecule has 1 aromatic carbocycles. The van der Waals surface area contributed by atoms with Crippen molar-refractivity contribution in [2.45, 2.75) is 9.79 Å². The van der Waals surface area contributed by atoms with Gasteiger partial charge in [-0.2, -0.15) is 10.5 Å². The second-order valence-corrected chi connectivity index (χ2v) is 5.49. The maximum absolute atomic E-state index is 8.96. The van der Waals surface area contributed by atoms with E-state index in [9.17, 15) is 0 Å². The minimum absolute atomic E-state index is 0.0522. The fraction of sp³-hybridized carbons (Fsp3) is 0.333. The second-order valence-electron chi connectivity index (χ2n) is 3.21. The highest BCUT2D eigenvalue weighted by molar-refractivity contribution is 8.02. The van der Waals surface area contributed by atoms with E-state index in [-0.39, 0.29) is 13.2 Å². The summed E-state index contributed by atoms with van der Waals surface area (Å²) in [5.41, 5.74) is 0.678. The van der Waals surface area contributed by atoms with Gasteiger partial charge in [0.2, 0.25) is 0 Å². The van der Waals surface area contributed by atoms with Crippen LogP contribution in [0.25, 0.3) is 0 Å². The monoisotopic (exact) mass is 280 g/mol. The molecule has 18 heavy (non-hydrogen) atoms. The van der Waals surface area contributed by atoms with Gasteiger partial charge in [0.1, 0.15) is 12.1 Å². The Labute approximate surface area is 114 Å².